The lowest BCUT2D eigenvalue weighted by molar-refractivity contribution is -0.104. The third kappa shape index (κ3) is 2.56. The third-order valence-corrected chi connectivity index (χ3v) is 1.94. The number of aldehydes is 1. The van der Waals surface area contributed by atoms with Gasteiger partial charge in [-0.3, -0.25) is 4.79 Å². The molecule has 0 radical (unpaired) electrons. The van der Waals surface area contributed by atoms with Crippen LogP contribution in [0.3, 0.4) is 0 Å². The molecule has 0 unspecified atom stereocenters. The van der Waals surface area contributed by atoms with Crippen molar-refractivity contribution in [2.24, 2.45) is 0 Å². The number of hydrogen-bond donors (Lipinski definition) is 1. The molecule has 0 fully saturated rings. The van der Waals surface area contributed by atoms with Crippen LogP contribution in [-0.2, 0) is 4.79 Å². The molecule has 3 nitrogen and oxygen atoms in total. The van der Waals surface area contributed by atoms with Gasteiger partial charge in [0.1, 0.15) is 11.4 Å². The highest BCUT2D eigenvalue weighted by molar-refractivity contribution is 6.30. The number of allylic oxidation sites excluding steroid dienone is 1. The predicted octanol–water partition coefficient (Wildman–Crippen LogP) is 2.17. The summed E-state index contributed by atoms with van der Waals surface area (Å²) in [7, 11) is 0. The lowest BCUT2D eigenvalue weighted by Gasteiger charge is -2.04. The summed E-state index contributed by atoms with van der Waals surface area (Å²) in [5.74, 6) is 0. The Morgan fingerprint density at radius 3 is 3.08 bits per heavy atom. The number of carbonyl (C=O) groups excluding carboxylic acids is 1. The molecule has 0 amide bonds. The van der Waals surface area contributed by atoms with Crippen LogP contribution < -0.4 is 5.32 Å². The topological polar surface area (TPSA) is 42.0 Å². The van der Waals surface area contributed by atoms with E-state index in [0.29, 0.717) is 11.4 Å². The smallest absolute Gasteiger partial charge is 0.144 e. The fourth-order valence-electron chi connectivity index (χ4n) is 0.844. The van der Waals surface area contributed by atoms with E-state index in [1.165, 1.54) is 6.08 Å². The highest BCUT2D eigenvalue weighted by atomic mass is 35.5. The number of halogens is 1. The normalized spacial score (nSPS) is 10.3. The van der Waals surface area contributed by atoms with Crippen molar-refractivity contribution >= 4 is 23.6 Å². The van der Waals surface area contributed by atoms with E-state index >= 15 is 0 Å². The van der Waals surface area contributed by atoms with E-state index in [0.717, 1.165) is 11.3 Å². The molecule has 68 valence electrons. The summed E-state index contributed by atoms with van der Waals surface area (Å²) in [6.07, 6.45) is 5.22. The van der Waals surface area contributed by atoms with Crippen LogP contribution in [0.2, 0.25) is 5.15 Å². The first-order valence-corrected chi connectivity index (χ1v) is 4.11. The maximum atomic E-state index is 9.98. The second-order valence-electron chi connectivity index (χ2n) is 2.41. The number of rotatable bonds is 3. The minimum absolute atomic E-state index is 0.463. The van der Waals surface area contributed by atoms with Gasteiger partial charge < -0.3 is 5.32 Å². The molecule has 0 saturated carbocycles. The van der Waals surface area contributed by atoms with Crippen molar-refractivity contribution in [3.63, 3.8) is 0 Å². The highest BCUT2D eigenvalue weighted by Crippen LogP contribution is 2.20. The van der Waals surface area contributed by atoms with Crippen molar-refractivity contribution in [1.82, 2.24) is 4.98 Å². The molecule has 13 heavy (non-hydrogen) atoms. The summed E-state index contributed by atoms with van der Waals surface area (Å²) in [6.45, 7) is 1.85. The van der Waals surface area contributed by atoms with Crippen LogP contribution in [0.1, 0.15) is 5.56 Å². The van der Waals surface area contributed by atoms with Crippen molar-refractivity contribution in [2.75, 3.05) is 5.32 Å². The van der Waals surface area contributed by atoms with E-state index in [9.17, 15) is 4.79 Å². The monoisotopic (exact) mass is 196 g/mol. The van der Waals surface area contributed by atoms with Crippen LogP contribution in [0, 0.1) is 6.92 Å². The van der Waals surface area contributed by atoms with E-state index in [4.69, 9.17) is 11.6 Å². The molecule has 1 aromatic heterocycles. The summed E-state index contributed by atoms with van der Waals surface area (Å²) < 4.78 is 0. The molecule has 1 rings (SSSR count). The maximum absolute atomic E-state index is 9.98. The predicted molar refractivity (Wildman–Crippen MR) is 52.8 cm³/mol. The summed E-state index contributed by atoms with van der Waals surface area (Å²) in [5.41, 5.74) is 1.71. The van der Waals surface area contributed by atoms with Crippen LogP contribution in [0.4, 0.5) is 5.69 Å². The standard InChI is InChI=1S/C9H9ClN2O/c1-7-8(11-4-2-6-13)3-5-12-9(7)10/h2-6H,1H3,(H,11,12)/b4-2-. The van der Waals surface area contributed by atoms with Gasteiger partial charge in [-0.1, -0.05) is 11.6 Å². The molecule has 0 bridgehead atoms. The number of nitrogens with zero attached hydrogens (tertiary/aromatic N) is 1. The number of aromatic nitrogens is 1. The van der Waals surface area contributed by atoms with E-state index in [2.05, 4.69) is 10.3 Å². The van der Waals surface area contributed by atoms with E-state index < -0.39 is 0 Å². The van der Waals surface area contributed by atoms with Crippen molar-refractivity contribution in [3.8, 4) is 0 Å². The summed E-state index contributed by atoms with van der Waals surface area (Å²) in [4.78, 5) is 13.9. The van der Waals surface area contributed by atoms with Crippen LogP contribution in [-0.4, -0.2) is 11.3 Å². The Balaban J connectivity index is 2.82. The molecule has 0 aliphatic heterocycles. The van der Waals surface area contributed by atoms with Gasteiger partial charge in [-0.2, -0.15) is 0 Å². The summed E-state index contributed by atoms with van der Waals surface area (Å²) in [6, 6.07) is 1.79. The molecule has 0 atom stereocenters. The molecular weight excluding hydrogens is 188 g/mol. The van der Waals surface area contributed by atoms with Crippen molar-refractivity contribution in [2.45, 2.75) is 6.92 Å². The van der Waals surface area contributed by atoms with Crippen LogP contribution >= 0.6 is 11.6 Å². The van der Waals surface area contributed by atoms with Gasteiger partial charge >= 0.3 is 0 Å². The van der Waals surface area contributed by atoms with Crippen molar-refractivity contribution in [1.29, 1.82) is 0 Å². The fourth-order valence-corrected chi connectivity index (χ4v) is 1.00. The van der Waals surface area contributed by atoms with Gasteiger partial charge in [0.15, 0.2) is 0 Å². The molecule has 0 saturated heterocycles. The first-order valence-electron chi connectivity index (χ1n) is 3.73. The summed E-state index contributed by atoms with van der Waals surface area (Å²) in [5, 5.41) is 3.38. The van der Waals surface area contributed by atoms with Gasteiger partial charge in [-0.15, -0.1) is 0 Å². The average molecular weight is 197 g/mol. The first-order chi connectivity index (χ1) is 6.25. The zero-order valence-electron chi connectivity index (χ0n) is 7.12. The maximum Gasteiger partial charge on any atom is 0.144 e. The van der Waals surface area contributed by atoms with Gasteiger partial charge in [0, 0.05) is 23.6 Å². The van der Waals surface area contributed by atoms with Gasteiger partial charge in [-0.25, -0.2) is 4.98 Å². The molecule has 0 aliphatic carbocycles. The second-order valence-corrected chi connectivity index (χ2v) is 2.77. The molecule has 4 heteroatoms. The van der Waals surface area contributed by atoms with E-state index in [1.54, 1.807) is 18.5 Å². The van der Waals surface area contributed by atoms with Crippen molar-refractivity contribution in [3.05, 3.63) is 35.3 Å². The minimum Gasteiger partial charge on any atom is -0.361 e. The van der Waals surface area contributed by atoms with Gasteiger partial charge in [0.25, 0.3) is 0 Å². The lowest BCUT2D eigenvalue weighted by atomic mass is 10.2. The third-order valence-electron chi connectivity index (χ3n) is 1.56. The second kappa shape index (κ2) is 4.62. The number of carbonyl (C=O) groups is 1. The Labute approximate surface area is 81.4 Å². The molecular formula is C9H9ClN2O. The molecule has 0 aromatic carbocycles. The molecule has 1 aromatic rings. The van der Waals surface area contributed by atoms with Crippen LogP contribution in [0.15, 0.2) is 24.5 Å². The highest BCUT2D eigenvalue weighted by Gasteiger charge is 1.99. The molecule has 1 N–H and O–H groups in total. The minimum atomic E-state index is 0.463. The Bertz CT molecular complexity index is 336. The zero-order valence-corrected chi connectivity index (χ0v) is 7.88. The van der Waals surface area contributed by atoms with Crippen LogP contribution in [0.5, 0.6) is 0 Å². The van der Waals surface area contributed by atoms with E-state index in [1.807, 2.05) is 6.92 Å². The number of nitrogens with one attached hydrogen (secondary N) is 1. The fraction of sp³-hybridized carbons (Fsp3) is 0.111. The number of anilines is 1. The Morgan fingerprint density at radius 2 is 2.38 bits per heavy atom. The van der Waals surface area contributed by atoms with E-state index in [-0.39, 0.29) is 0 Å². The molecule has 0 aliphatic rings. The molecule has 0 spiro atoms. The van der Waals surface area contributed by atoms with Gasteiger partial charge in [0.05, 0.1) is 0 Å². The van der Waals surface area contributed by atoms with Gasteiger partial charge in [0.2, 0.25) is 0 Å². The Morgan fingerprint density at radius 1 is 1.62 bits per heavy atom. The Hall–Kier alpha value is -1.35. The SMILES string of the molecule is Cc1c(N/C=C\C=O)ccnc1Cl. The zero-order chi connectivity index (χ0) is 9.68. The quantitative estimate of drug-likeness (QED) is 0.458. The number of hydrogen-bond acceptors (Lipinski definition) is 3. The van der Waals surface area contributed by atoms with Crippen LogP contribution in [0.25, 0.3) is 0 Å². The average Bonchev–Trinajstić information content (AvgIpc) is 2.13. The largest absolute Gasteiger partial charge is 0.361 e. The van der Waals surface area contributed by atoms with Crippen molar-refractivity contribution < 1.29 is 4.79 Å². The lowest BCUT2D eigenvalue weighted by Crippen LogP contribution is -1.92. The summed E-state index contributed by atoms with van der Waals surface area (Å²) >= 11 is 5.78. The molecule has 1 heterocycles. The van der Waals surface area contributed by atoms with Gasteiger partial charge in [-0.05, 0) is 19.1 Å². The first kappa shape index (κ1) is 9.74. The number of pyridine rings is 1. The Kier molecular flexibility index (Phi) is 3.46.